The molecule has 1 aliphatic heterocycles. The van der Waals surface area contributed by atoms with E-state index in [4.69, 9.17) is 4.74 Å². The molecule has 0 radical (unpaired) electrons. The monoisotopic (exact) mass is 385 g/mol. The van der Waals surface area contributed by atoms with Crippen LogP contribution in [0.4, 0.5) is 4.79 Å². The second kappa shape index (κ2) is 8.75. The third-order valence-electron chi connectivity index (χ3n) is 5.07. The number of nitrogens with one attached hydrogen (secondary N) is 2. The molecule has 1 aromatic heterocycles. The molecule has 1 saturated heterocycles. The molecule has 0 unspecified atom stereocenters. The van der Waals surface area contributed by atoms with Crippen LogP contribution >= 0.6 is 0 Å². The Bertz CT molecular complexity index is 764. The van der Waals surface area contributed by atoms with Crippen LogP contribution in [0.3, 0.4) is 0 Å². The number of para-hydroxylation sites is 1. The molecule has 3 rings (SSSR count). The molecule has 2 atom stereocenters. The van der Waals surface area contributed by atoms with Gasteiger partial charge in [-0.25, -0.2) is 9.48 Å². The van der Waals surface area contributed by atoms with E-state index < -0.39 is 0 Å². The van der Waals surface area contributed by atoms with Gasteiger partial charge < -0.3 is 15.4 Å². The van der Waals surface area contributed by atoms with Gasteiger partial charge in [0.25, 0.3) is 0 Å². The van der Waals surface area contributed by atoms with E-state index in [1.165, 1.54) is 0 Å². The second-order valence-corrected chi connectivity index (χ2v) is 8.14. The van der Waals surface area contributed by atoms with E-state index in [0.29, 0.717) is 13.1 Å². The second-order valence-electron chi connectivity index (χ2n) is 8.14. The molecule has 0 spiro atoms. The number of ether oxygens (including phenoxy) is 1. The number of nitrogens with zero attached hydrogens (tertiary/aromatic N) is 3. The summed E-state index contributed by atoms with van der Waals surface area (Å²) < 4.78 is 7.61. The molecule has 0 saturated carbocycles. The molecule has 1 fully saturated rings. The van der Waals surface area contributed by atoms with E-state index in [1.807, 2.05) is 36.5 Å². The van der Waals surface area contributed by atoms with Gasteiger partial charge >= 0.3 is 6.03 Å². The Morgan fingerprint density at radius 1 is 1.18 bits per heavy atom. The summed E-state index contributed by atoms with van der Waals surface area (Å²) in [7, 11) is 0. The summed E-state index contributed by atoms with van der Waals surface area (Å²) in [6.07, 6.45) is 4.11. The van der Waals surface area contributed by atoms with Crippen LogP contribution in [-0.4, -0.2) is 58.1 Å². The molecule has 152 valence electrons. The van der Waals surface area contributed by atoms with Crippen LogP contribution in [0.25, 0.3) is 5.69 Å². The minimum absolute atomic E-state index is 0.137. The lowest BCUT2D eigenvalue weighted by Crippen LogP contribution is -2.59. The number of benzene rings is 1. The van der Waals surface area contributed by atoms with Crippen LogP contribution in [0.15, 0.2) is 42.7 Å². The Hall–Kier alpha value is -2.38. The summed E-state index contributed by atoms with van der Waals surface area (Å²) in [5.74, 6) is 0. The van der Waals surface area contributed by atoms with E-state index in [-0.39, 0.29) is 23.8 Å². The molecule has 2 heterocycles. The Morgan fingerprint density at radius 3 is 2.54 bits per heavy atom. The van der Waals surface area contributed by atoms with Crippen molar-refractivity contribution in [2.75, 3.05) is 19.6 Å². The number of hydrogen-bond donors (Lipinski definition) is 2. The number of morpholine rings is 1. The van der Waals surface area contributed by atoms with Gasteiger partial charge in [-0.2, -0.15) is 5.10 Å². The minimum atomic E-state index is -0.171. The van der Waals surface area contributed by atoms with Crippen molar-refractivity contribution in [1.82, 2.24) is 25.3 Å². The molecule has 2 amide bonds. The highest BCUT2D eigenvalue weighted by Gasteiger charge is 2.33. The summed E-state index contributed by atoms with van der Waals surface area (Å²) >= 11 is 0. The average molecular weight is 386 g/mol. The third-order valence-corrected chi connectivity index (χ3v) is 5.07. The van der Waals surface area contributed by atoms with Crippen LogP contribution in [0, 0.1) is 0 Å². The first-order valence-corrected chi connectivity index (χ1v) is 9.85. The van der Waals surface area contributed by atoms with Gasteiger partial charge in [-0.05, 0) is 39.8 Å². The number of carbonyl (C=O) groups excluding carboxylic acids is 1. The van der Waals surface area contributed by atoms with Crippen molar-refractivity contribution in [3.8, 4) is 5.69 Å². The maximum atomic E-state index is 12.3. The Balaban J connectivity index is 1.46. The third kappa shape index (κ3) is 5.33. The Morgan fingerprint density at radius 2 is 1.86 bits per heavy atom. The Kier molecular flexibility index (Phi) is 6.36. The first-order valence-electron chi connectivity index (χ1n) is 9.85. The van der Waals surface area contributed by atoms with E-state index in [1.54, 1.807) is 10.9 Å². The minimum Gasteiger partial charge on any atom is -0.373 e. The number of carbonyl (C=O) groups is 1. The van der Waals surface area contributed by atoms with Crippen molar-refractivity contribution in [3.05, 3.63) is 48.3 Å². The average Bonchev–Trinajstić information content (AvgIpc) is 3.14. The predicted molar refractivity (Wildman–Crippen MR) is 109 cm³/mol. The lowest BCUT2D eigenvalue weighted by atomic mass is 10.00. The topological polar surface area (TPSA) is 71.4 Å². The number of rotatable bonds is 6. The zero-order chi connectivity index (χ0) is 20.1. The van der Waals surface area contributed by atoms with Gasteiger partial charge in [0.05, 0.1) is 24.1 Å². The molecule has 1 aromatic carbocycles. The fourth-order valence-electron chi connectivity index (χ4n) is 3.50. The molecule has 7 nitrogen and oxygen atoms in total. The highest BCUT2D eigenvalue weighted by atomic mass is 16.5. The van der Waals surface area contributed by atoms with Crippen molar-refractivity contribution in [3.63, 3.8) is 0 Å². The van der Waals surface area contributed by atoms with Crippen LogP contribution < -0.4 is 10.6 Å². The van der Waals surface area contributed by atoms with E-state index in [9.17, 15) is 4.79 Å². The smallest absolute Gasteiger partial charge is 0.315 e. The summed E-state index contributed by atoms with van der Waals surface area (Å²) in [4.78, 5) is 14.6. The summed E-state index contributed by atoms with van der Waals surface area (Å²) in [5.41, 5.74) is 1.81. The van der Waals surface area contributed by atoms with Crippen LogP contribution in [-0.2, 0) is 11.3 Å². The number of hydrogen-bond acceptors (Lipinski definition) is 4. The first-order chi connectivity index (χ1) is 13.3. The van der Waals surface area contributed by atoms with Crippen molar-refractivity contribution < 1.29 is 9.53 Å². The fraction of sp³-hybridized carbons (Fsp3) is 0.524. The van der Waals surface area contributed by atoms with Gasteiger partial charge in [0.15, 0.2) is 0 Å². The van der Waals surface area contributed by atoms with Gasteiger partial charge in [0.1, 0.15) is 0 Å². The van der Waals surface area contributed by atoms with Crippen molar-refractivity contribution in [1.29, 1.82) is 0 Å². The van der Waals surface area contributed by atoms with Gasteiger partial charge in [0, 0.05) is 43.5 Å². The molecular weight excluding hydrogens is 354 g/mol. The van der Waals surface area contributed by atoms with Crippen LogP contribution in [0.1, 0.15) is 33.3 Å². The highest BCUT2D eigenvalue weighted by Crippen LogP contribution is 2.20. The summed E-state index contributed by atoms with van der Waals surface area (Å²) in [5, 5.41) is 10.3. The largest absolute Gasteiger partial charge is 0.373 e. The van der Waals surface area contributed by atoms with Gasteiger partial charge in [-0.15, -0.1) is 0 Å². The molecule has 2 N–H and O–H groups in total. The maximum Gasteiger partial charge on any atom is 0.315 e. The summed E-state index contributed by atoms with van der Waals surface area (Å²) in [6.45, 7) is 11.2. The van der Waals surface area contributed by atoms with Gasteiger partial charge in [-0.3, -0.25) is 4.90 Å². The number of aromatic nitrogens is 2. The molecule has 0 bridgehead atoms. The molecule has 28 heavy (non-hydrogen) atoms. The van der Waals surface area contributed by atoms with E-state index >= 15 is 0 Å². The van der Waals surface area contributed by atoms with E-state index in [2.05, 4.69) is 48.3 Å². The lowest BCUT2D eigenvalue weighted by Gasteiger charge is -2.45. The first kappa shape index (κ1) is 20.4. The van der Waals surface area contributed by atoms with Gasteiger partial charge in [-0.1, -0.05) is 18.2 Å². The standard InChI is InChI=1S/C21H31N5O2/c1-16-12-25(13-17(2)28-16)21(3,4)15-23-20(27)22-10-18-11-24-26(14-18)19-8-6-5-7-9-19/h5-9,11,14,16-17H,10,12-13,15H2,1-4H3,(H2,22,23,27)/t16-,17-/m1/s1. The van der Waals surface area contributed by atoms with Crippen molar-refractivity contribution in [2.45, 2.75) is 52.0 Å². The zero-order valence-electron chi connectivity index (χ0n) is 17.2. The van der Waals surface area contributed by atoms with Crippen molar-refractivity contribution >= 4 is 6.03 Å². The van der Waals surface area contributed by atoms with E-state index in [0.717, 1.165) is 24.3 Å². The SMILES string of the molecule is C[C@@H]1CN(C(C)(C)CNC(=O)NCc2cnn(-c3ccccc3)c2)C[C@@H](C)O1. The molecule has 2 aromatic rings. The fourth-order valence-corrected chi connectivity index (χ4v) is 3.50. The number of urea groups is 1. The van der Waals surface area contributed by atoms with Crippen molar-refractivity contribution in [2.24, 2.45) is 0 Å². The normalized spacial score (nSPS) is 20.7. The molecular formula is C21H31N5O2. The van der Waals surface area contributed by atoms with Gasteiger partial charge in [0.2, 0.25) is 0 Å². The number of amides is 2. The lowest BCUT2D eigenvalue weighted by molar-refractivity contribution is -0.0947. The highest BCUT2D eigenvalue weighted by molar-refractivity contribution is 5.73. The molecule has 1 aliphatic rings. The maximum absolute atomic E-state index is 12.3. The zero-order valence-corrected chi connectivity index (χ0v) is 17.2. The predicted octanol–water partition coefficient (Wildman–Crippen LogP) is 2.56. The Labute approximate surface area is 167 Å². The molecule has 0 aliphatic carbocycles. The van der Waals surface area contributed by atoms with Crippen LogP contribution in [0.5, 0.6) is 0 Å². The molecule has 7 heteroatoms. The summed E-state index contributed by atoms with van der Waals surface area (Å²) in [6, 6.07) is 9.73. The quantitative estimate of drug-likeness (QED) is 0.802. The van der Waals surface area contributed by atoms with Crippen LogP contribution in [0.2, 0.25) is 0 Å².